The molecule has 2 fully saturated rings. The summed E-state index contributed by atoms with van der Waals surface area (Å²) in [5, 5.41) is 8.54. The number of carbonyl (C=O) groups is 2. The van der Waals surface area contributed by atoms with Crippen molar-refractivity contribution >= 4 is 11.8 Å². The van der Waals surface area contributed by atoms with Crippen LogP contribution in [0.4, 0.5) is 0 Å². The minimum absolute atomic E-state index is 0.0224. The van der Waals surface area contributed by atoms with Crippen molar-refractivity contribution in [3.05, 3.63) is 0 Å². The molecule has 2 aliphatic rings. The molecule has 0 aromatic rings. The van der Waals surface area contributed by atoms with Crippen LogP contribution in [0.15, 0.2) is 0 Å². The van der Waals surface area contributed by atoms with Gasteiger partial charge in [-0.1, -0.05) is 0 Å². The Bertz CT molecular complexity index is 435. The Balaban J connectivity index is 1.71. The fourth-order valence-corrected chi connectivity index (χ4v) is 2.76. The van der Waals surface area contributed by atoms with E-state index in [9.17, 15) is 9.59 Å². The van der Waals surface area contributed by atoms with Crippen LogP contribution in [0.25, 0.3) is 0 Å². The normalized spacial score (nSPS) is 22.4. The third kappa shape index (κ3) is 4.42. The van der Waals surface area contributed by atoms with E-state index < -0.39 is 0 Å². The summed E-state index contributed by atoms with van der Waals surface area (Å²) in [6, 6.07) is 2.04. The monoisotopic (exact) mass is 308 g/mol. The Labute approximate surface area is 131 Å². The zero-order chi connectivity index (χ0) is 15.9. The molecule has 1 unspecified atom stereocenters. The van der Waals surface area contributed by atoms with E-state index in [0.29, 0.717) is 52.3 Å². The van der Waals surface area contributed by atoms with Gasteiger partial charge in [0.25, 0.3) is 5.91 Å². The molecule has 0 aromatic heterocycles. The second-order valence-corrected chi connectivity index (χ2v) is 5.83. The number of carbonyl (C=O) groups excluding carboxylic acids is 2. The first-order chi connectivity index (χ1) is 10.6. The van der Waals surface area contributed by atoms with Gasteiger partial charge >= 0.3 is 0 Å². The minimum Gasteiger partial charge on any atom is -0.368 e. The Morgan fingerprint density at radius 1 is 1.32 bits per heavy atom. The molecule has 2 amide bonds. The fraction of sp³-hybridized carbons (Fsp3) is 0.800. The van der Waals surface area contributed by atoms with Crippen LogP contribution in [0.1, 0.15) is 19.3 Å². The number of rotatable bonds is 5. The van der Waals surface area contributed by atoms with Gasteiger partial charge in [0.05, 0.1) is 19.0 Å². The second kappa shape index (κ2) is 8.11. The number of hydrogen-bond donors (Lipinski definition) is 0. The Morgan fingerprint density at radius 2 is 2.05 bits per heavy atom. The fourth-order valence-electron chi connectivity index (χ4n) is 2.76. The van der Waals surface area contributed by atoms with Gasteiger partial charge in [-0.25, -0.2) is 0 Å². The van der Waals surface area contributed by atoms with Crippen LogP contribution in [0, 0.1) is 11.3 Å². The maximum atomic E-state index is 12.2. The SMILES string of the molecule is CN(CCC#N)C(=O)CN1CCN(C(=O)C2CCCO2)CC1. The van der Waals surface area contributed by atoms with Crippen molar-refractivity contribution in [3.63, 3.8) is 0 Å². The number of piperazine rings is 1. The molecule has 1 atom stereocenters. The maximum Gasteiger partial charge on any atom is 0.251 e. The zero-order valence-electron chi connectivity index (χ0n) is 13.2. The van der Waals surface area contributed by atoms with Crippen LogP contribution < -0.4 is 0 Å². The molecule has 0 saturated carbocycles. The first-order valence-electron chi connectivity index (χ1n) is 7.85. The maximum absolute atomic E-state index is 12.2. The molecule has 0 radical (unpaired) electrons. The molecule has 2 heterocycles. The average molecular weight is 308 g/mol. The van der Waals surface area contributed by atoms with Crippen molar-refractivity contribution in [3.8, 4) is 6.07 Å². The largest absolute Gasteiger partial charge is 0.368 e. The lowest BCUT2D eigenvalue weighted by atomic mass is 10.2. The number of amides is 2. The number of hydrogen-bond acceptors (Lipinski definition) is 5. The van der Waals surface area contributed by atoms with E-state index in [4.69, 9.17) is 10.00 Å². The van der Waals surface area contributed by atoms with Crippen LogP contribution in [0.2, 0.25) is 0 Å². The van der Waals surface area contributed by atoms with Crippen LogP contribution in [0.3, 0.4) is 0 Å². The van der Waals surface area contributed by atoms with Gasteiger partial charge < -0.3 is 14.5 Å². The highest BCUT2D eigenvalue weighted by molar-refractivity contribution is 5.81. The number of nitrogens with zero attached hydrogens (tertiary/aromatic N) is 4. The summed E-state index contributed by atoms with van der Waals surface area (Å²) in [5.74, 6) is 0.115. The number of nitriles is 1. The van der Waals surface area contributed by atoms with Crippen molar-refractivity contribution < 1.29 is 14.3 Å². The van der Waals surface area contributed by atoms with Gasteiger partial charge in [0, 0.05) is 46.4 Å². The van der Waals surface area contributed by atoms with Crippen molar-refractivity contribution in [1.82, 2.24) is 14.7 Å². The van der Waals surface area contributed by atoms with E-state index in [1.54, 1.807) is 11.9 Å². The highest BCUT2D eigenvalue weighted by Gasteiger charge is 2.30. The number of likely N-dealkylation sites (N-methyl/N-ethyl adjacent to an activating group) is 1. The molecule has 0 aromatic carbocycles. The lowest BCUT2D eigenvalue weighted by molar-refractivity contribution is -0.143. The molecule has 22 heavy (non-hydrogen) atoms. The highest BCUT2D eigenvalue weighted by atomic mass is 16.5. The molecular formula is C15H24N4O3. The van der Waals surface area contributed by atoms with E-state index >= 15 is 0 Å². The average Bonchev–Trinajstić information content (AvgIpc) is 3.07. The van der Waals surface area contributed by atoms with E-state index in [1.165, 1.54) is 0 Å². The van der Waals surface area contributed by atoms with E-state index in [1.807, 2.05) is 11.0 Å². The van der Waals surface area contributed by atoms with E-state index in [2.05, 4.69) is 4.90 Å². The summed E-state index contributed by atoms with van der Waals surface area (Å²) in [6.07, 6.45) is 1.87. The first-order valence-corrected chi connectivity index (χ1v) is 7.85. The first kappa shape index (κ1) is 16.7. The molecule has 7 nitrogen and oxygen atoms in total. The van der Waals surface area contributed by atoms with Crippen LogP contribution >= 0.6 is 0 Å². The summed E-state index contributed by atoms with van der Waals surface area (Å²) < 4.78 is 5.44. The molecule has 0 N–H and O–H groups in total. The van der Waals surface area contributed by atoms with Gasteiger partial charge in [0.15, 0.2) is 0 Å². The minimum atomic E-state index is -0.259. The molecule has 0 spiro atoms. The summed E-state index contributed by atoms with van der Waals surface area (Å²) in [4.78, 5) is 29.7. The molecule has 2 aliphatic heterocycles. The summed E-state index contributed by atoms with van der Waals surface area (Å²) in [5.41, 5.74) is 0. The smallest absolute Gasteiger partial charge is 0.251 e. The third-order valence-corrected chi connectivity index (χ3v) is 4.23. The van der Waals surface area contributed by atoms with E-state index in [-0.39, 0.29) is 17.9 Å². The van der Waals surface area contributed by atoms with Gasteiger partial charge in [0.2, 0.25) is 5.91 Å². The Kier molecular flexibility index (Phi) is 6.16. The van der Waals surface area contributed by atoms with E-state index in [0.717, 1.165) is 12.8 Å². The van der Waals surface area contributed by atoms with Gasteiger partial charge in [-0.2, -0.15) is 5.26 Å². The van der Waals surface area contributed by atoms with Gasteiger partial charge in [-0.15, -0.1) is 0 Å². The summed E-state index contributed by atoms with van der Waals surface area (Å²) in [6.45, 7) is 4.20. The van der Waals surface area contributed by atoms with Gasteiger partial charge in [-0.3, -0.25) is 14.5 Å². The number of ether oxygens (including phenoxy) is 1. The summed E-state index contributed by atoms with van der Waals surface area (Å²) in [7, 11) is 1.72. The van der Waals surface area contributed by atoms with Crippen LogP contribution in [0.5, 0.6) is 0 Å². The van der Waals surface area contributed by atoms with Crippen LogP contribution in [-0.4, -0.2) is 85.5 Å². The molecule has 2 saturated heterocycles. The van der Waals surface area contributed by atoms with Crippen molar-refractivity contribution in [2.24, 2.45) is 0 Å². The lowest BCUT2D eigenvalue weighted by Crippen LogP contribution is -2.53. The van der Waals surface area contributed by atoms with Gasteiger partial charge in [-0.05, 0) is 12.8 Å². The topological polar surface area (TPSA) is 76.9 Å². The third-order valence-electron chi connectivity index (χ3n) is 4.23. The predicted molar refractivity (Wildman–Crippen MR) is 79.9 cm³/mol. The van der Waals surface area contributed by atoms with Crippen LogP contribution in [-0.2, 0) is 14.3 Å². The second-order valence-electron chi connectivity index (χ2n) is 5.83. The zero-order valence-corrected chi connectivity index (χ0v) is 13.2. The standard InChI is InChI=1S/C15H24N4O3/c1-17(6-3-5-16)14(20)12-18-7-9-19(10-8-18)15(21)13-4-2-11-22-13/h13H,2-4,6-12H2,1H3. The summed E-state index contributed by atoms with van der Waals surface area (Å²) >= 11 is 0. The highest BCUT2D eigenvalue weighted by Crippen LogP contribution is 2.16. The van der Waals surface area contributed by atoms with Crippen molar-refractivity contribution in [1.29, 1.82) is 5.26 Å². The van der Waals surface area contributed by atoms with Crippen molar-refractivity contribution in [2.75, 3.05) is 52.9 Å². The van der Waals surface area contributed by atoms with Gasteiger partial charge in [0.1, 0.15) is 6.10 Å². The molecule has 0 bridgehead atoms. The lowest BCUT2D eigenvalue weighted by Gasteiger charge is -2.35. The molecule has 122 valence electrons. The molecule has 0 aliphatic carbocycles. The Hall–Kier alpha value is -1.65. The Morgan fingerprint density at radius 3 is 2.64 bits per heavy atom. The predicted octanol–water partition coefficient (Wildman–Crippen LogP) is -0.318. The quantitative estimate of drug-likeness (QED) is 0.696. The van der Waals surface area contributed by atoms with Crippen molar-refractivity contribution in [2.45, 2.75) is 25.4 Å². The molecular weight excluding hydrogens is 284 g/mol. The molecule has 7 heteroatoms. The molecule has 2 rings (SSSR count).